The number of amides is 8. The van der Waals surface area contributed by atoms with Crippen LogP contribution in [0.3, 0.4) is 0 Å². The Morgan fingerprint density at radius 2 is 0.954 bits per heavy atom. The molecule has 0 aromatic heterocycles. The SMILES string of the molecule is Cc1cc(O)cc(C)c1C[C@H](NC(=O)C(CCCN/C(=N\C(=O)OCc1ccccc1)NC(=O)OCc1ccccc1)NC(=O)OCc1ccccc1)C(=O)N[C@@H](CCCCNC(=O)OCc1ccccc1Cl)C(=O)N[C@@H](Cc1ccccc1)C(N)=O. The maximum atomic E-state index is 14.9. The van der Waals surface area contributed by atoms with E-state index in [2.05, 4.69) is 42.2 Å². The summed E-state index contributed by atoms with van der Waals surface area (Å²) in [6.45, 7) is 3.02. The lowest BCUT2D eigenvalue weighted by atomic mass is 9.95. The summed E-state index contributed by atoms with van der Waals surface area (Å²) in [5, 5.41) is 29.7. The van der Waals surface area contributed by atoms with E-state index in [-0.39, 0.29) is 89.8 Å². The third-order valence-corrected chi connectivity index (χ3v) is 13.8. The van der Waals surface area contributed by atoms with Gasteiger partial charge in [-0.1, -0.05) is 151 Å². The van der Waals surface area contributed by atoms with E-state index in [0.29, 0.717) is 56.0 Å². The van der Waals surface area contributed by atoms with Gasteiger partial charge in [0.15, 0.2) is 0 Å². The topological polar surface area (TPSA) is 316 Å². The van der Waals surface area contributed by atoms with Crippen molar-refractivity contribution >= 4 is 65.6 Å². The molecule has 6 rings (SSSR count). The van der Waals surface area contributed by atoms with Crippen molar-refractivity contribution in [2.75, 3.05) is 13.1 Å². The van der Waals surface area contributed by atoms with Gasteiger partial charge in [-0.25, -0.2) is 19.2 Å². The summed E-state index contributed by atoms with van der Waals surface area (Å²) in [5.41, 5.74) is 10.9. The average Bonchev–Trinajstić information content (AvgIpc) is 2.91. The van der Waals surface area contributed by atoms with Gasteiger partial charge in [-0.05, 0) is 103 Å². The highest BCUT2D eigenvalue weighted by Gasteiger charge is 2.32. The molecule has 4 atom stereocenters. The number of ether oxygens (including phenoxy) is 4. The Hall–Kier alpha value is -9.96. The number of hydrogen-bond acceptors (Lipinski definition) is 13. The second-order valence-electron chi connectivity index (χ2n) is 20.1. The van der Waals surface area contributed by atoms with Crippen LogP contribution in [0.2, 0.25) is 5.02 Å². The molecule has 0 bridgehead atoms. The summed E-state index contributed by atoms with van der Waals surface area (Å²) in [4.78, 5) is 113. The number of rotatable bonds is 29. The predicted octanol–water partition coefficient (Wildman–Crippen LogP) is 7.77. The molecule has 0 aliphatic rings. The fourth-order valence-electron chi connectivity index (χ4n) is 8.84. The summed E-state index contributed by atoms with van der Waals surface area (Å²) in [7, 11) is 0. The number of nitrogens with one attached hydrogen (secondary N) is 7. The van der Waals surface area contributed by atoms with Crippen LogP contribution in [0.1, 0.15) is 76.6 Å². The van der Waals surface area contributed by atoms with Crippen molar-refractivity contribution in [2.45, 2.75) is 109 Å². The Morgan fingerprint density at radius 1 is 0.494 bits per heavy atom. The standard InChI is InChI=1S/C64H72ClN9O13/c1-42-34-49(75)35-43(2)50(42)37-55(59(79)69-52(57(77)70-54(56(66)76)36-44-20-7-3-8-21-44)30-17-18-32-68-61(80)87-41-48-28-15-16-29-51(48)65)71-58(78)53(72-62(81)84-38-45-22-9-4-10-23-45)31-19-33-67-60(73-63(82)85-39-46-24-11-5-12-25-46)74-64(83)86-40-47-26-13-6-14-27-47/h3-16,20-29,34-35,52-55,75H,17-19,30-33,36-41H2,1-2H3,(H2,66,76)(H,68,80)(H,69,79)(H,70,77)(H,71,78)(H,72,81)(H2,67,73,74,82,83)/t52-,53?,54-,55-/m0/s1. The number of phenols is 1. The Morgan fingerprint density at radius 3 is 1.53 bits per heavy atom. The maximum Gasteiger partial charge on any atom is 0.437 e. The van der Waals surface area contributed by atoms with Crippen LogP contribution in [0.25, 0.3) is 0 Å². The van der Waals surface area contributed by atoms with Gasteiger partial charge in [0.05, 0.1) is 0 Å². The van der Waals surface area contributed by atoms with Crippen molar-refractivity contribution in [3.05, 3.63) is 207 Å². The molecule has 1 unspecified atom stereocenters. The van der Waals surface area contributed by atoms with Crippen LogP contribution < -0.4 is 43.0 Å². The van der Waals surface area contributed by atoms with Crippen molar-refractivity contribution in [1.82, 2.24) is 37.2 Å². The van der Waals surface area contributed by atoms with E-state index in [1.165, 1.54) is 12.1 Å². The van der Waals surface area contributed by atoms with Crippen LogP contribution >= 0.6 is 11.6 Å². The second kappa shape index (κ2) is 35.4. The number of benzene rings is 6. The summed E-state index contributed by atoms with van der Waals surface area (Å²) < 4.78 is 21.5. The van der Waals surface area contributed by atoms with Crippen molar-refractivity contribution < 1.29 is 62.4 Å². The zero-order valence-corrected chi connectivity index (χ0v) is 49.0. The van der Waals surface area contributed by atoms with Gasteiger partial charge < -0.3 is 61.7 Å². The third kappa shape index (κ3) is 23.9. The Balaban J connectivity index is 1.22. The Labute approximate surface area is 509 Å². The summed E-state index contributed by atoms with van der Waals surface area (Å²) in [5.74, 6) is -3.68. The molecule has 8 amide bonds. The number of carbonyl (C=O) groups excluding carboxylic acids is 8. The number of nitrogens with zero attached hydrogens (tertiary/aromatic N) is 1. The highest BCUT2D eigenvalue weighted by atomic mass is 35.5. The fraction of sp³-hybridized carbons (Fsp3) is 0.297. The molecule has 6 aromatic carbocycles. The number of guanidine groups is 1. The first-order valence-corrected chi connectivity index (χ1v) is 28.5. The molecule has 0 radical (unpaired) electrons. The van der Waals surface area contributed by atoms with Crippen LogP contribution in [-0.2, 0) is 77.4 Å². The second-order valence-corrected chi connectivity index (χ2v) is 20.6. The number of aliphatic imine (C=N–C) groups is 1. The van der Waals surface area contributed by atoms with Gasteiger partial charge in [0.25, 0.3) is 0 Å². The minimum atomic E-state index is -1.46. The number of hydrogen-bond donors (Lipinski definition) is 9. The van der Waals surface area contributed by atoms with Crippen LogP contribution in [0, 0.1) is 13.8 Å². The molecule has 6 aromatic rings. The first-order valence-electron chi connectivity index (χ1n) is 28.1. The van der Waals surface area contributed by atoms with E-state index in [0.717, 1.165) is 0 Å². The zero-order chi connectivity index (χ0) is 62.3. The van der Waals surface area contributed by atoms with Crippen LogP contribution in [-0.4, -0.2) is 96.3 Å². The molecule has 458 valence electrons. The monoisotopic (exact) mass is 1210 g/mol. The van der Waals surface area contributed by atoms with E-state index in [4.69, 9.17) is 36.3 Å². The van der Waals surface area contributed by atoms with E-state index >= 15 is 0 Å². The molecule has 0 saturated heterocycles. The van der Waals surface area contributed by atoms with Gasteiger partial charge in [0.2, 0.25) is 29.6 Å². The van der Waals surface area contributed by atoms with Gasteiger partial charge in [-0.15, -0.1) is 4.99 Å². The number of aryl methyl sites for hydroxylation is 2. The van der Waals surface area contributed by atoms with Crippen molar-refractivity contribution in [2.24, 2.45) is 10.7 Å². The molecule has 0 heterocycles. The third-order valence-electron chi connectivity index (χ3n) is 13.4. The van der Waals surface area contributed by atoms with Crippen molar-refractivity contribution in [1.29, 1.82) is 0 Å². The molecule has 0 spiro atoms. The minimum Gasteiger partial charge on any atom is -0.508 e. The lowest BCUT2D eigenvalue weighted by Crippen LogP contribution is -2.58. The Bertz CT molecular complexity index is 3250. The van der Waals surface area contributed by atoms with Crippen LogP contribution in [0.4, 0.5) is 19.2 Å². The fourth-order valence-corrected chi connectivity index (χ4v) is 9.03. The molecule has 10 N–H and O–H groups in total. The molecule has 0 aliphatic heterocycles. The normalized spacial score (nSPS) is 12.3. The molecule has 0 saturated carbocycles. The lowest BCUT2D eigenvalue weighted by Gasteiger charge is -2.27. The predicted molar refractivity (Wildman–Crippen MR) is 325 cm³/mol. The minimum absolute atomic E-state index is 0.0250. The van der Waals surface area contributed by atoms with E-state index in [9.17, 15) is 43.5 Å². The molecular weight excluding hydrogens is 1140 g/mol. The van der Waals surface area contributed by atoms with Crippen molar-refractivity contribution in [3.8, 4) is 5.75 Å². The summed E-state index contributed by atoms with van der Waals surface area (Å²) in [6.07, 6.45) is -3.41. The van der Waals surface area contributed by atoms with E-state index < -0.39 is 72.2 Å². The van der Waals surface area contributed by atoms with Gasteiger partial charge in [0.1, 0.15) is 56.3 Å². The number of alkyl carbamates (subject to hydrolysis) is 3. The Kier molecular flexibility index (Phi) is 26.9. The summed E-state index contributed by atoms with van der Waals surface area (Å²) in [6, 6.07) is 39.8. The molecule has 87 heavy (non-hydrogen) atoms. The molecular formula is C64H72ClN9O13. The number of carbonyl (C=O) groups is 8. The highest BCUT2D eigenvalue weighted by Crippen LogP contribution is 2.23. The number of halogens is 1. The van der Waals surface area contributed by atoms with E-state index in [1.54, 1.807) is 159 Å². The van der Waals surface area contributed by atoms with Crippen molar-refractivity contribution in [3.63, 3.8) is 0 Å². The van der Waals surface area contributed by atoms with Gasteiger partial charge in [-0.3, -0.25) is 24.5 Å². The number of unbranched alkanes of at least 4 members (excludes halogenated alkanes) is 1. The largest absolute Gasteiger partial charge is 0.508 e. The smallest absolute Gasteiger partial charge is 0.437 e. The van der Waals surface area contributed by atoms with Crippen LogP contribution in [0.5, 0.6) is 5.75 Å². The van der Waals surface area contributed by atoms with E-state index in [1.807, 2.05) is 0 Å². The first-order chi connectivity index (χ1) is 42.0. The number of primary amides is 1. The molecule has 22 nitrogen and oxygen atoms in total. The maximum absolute atomic E-state index is 14.9. The van der Waals surface area contributed by atoms with Gasteiger partial charge in [-0.2, -0.15) is 0 Å². The average molecular weight is 1210 g/mol. The van der Waals surface area contributed by atoms with Gasteiger partial charge >= 0.3 is 24.4 Å². The number of aromatic hydroxyl groups is 1. The highest BCUT2D eigenvalue weighted by molar-refractivity contribution is 6.31. The molecule has 0 aliphatic carbocycles. The zero-order valence-electron chi connectivity index (χ0n) is 48.3. The number of nitrogens with two attached hydrogens (primary N) is 1. The molecule has 23 heteroatoms. The number of phenolic OH excluding ortho intramolecular Hbond substituents is 1. The molecule has 0 fully saturated rings. The van der Waals surface area contributed by atoms with Gasteiger partial charge in [0, 0.05) is 36.5 Å². The quantitative estimate of drug-likeness (QED) is 0.00938. The first kappa shape index (κ1) is 66.2. The lowest BCUT2D eigenvalue weighted by molar-refractivity contribution is -0.133. The van der Waals surface area contributed by atoms with Crippen LogP contribution in [0.15, 0.2) is 163 Å². The summed E-state index contributed by atoms with van der Waals surface area (Å²) >= 11 is 6.21.